The Labute approximate surface area is 172 Å². The van der Waals surface area contributed by atoms with Crippen LogP contribution in [0.5, 0.6) is 11.5 Å². The lowest BCUT2D eigenvalue weighted by atomic mass is 9.89. The minimum Gasteiger partial charge on any atom is -0.454 e. The predicted molar refractivity (Wildman–Crippen MR) is 115 cm³/mol. The summed E-state index contributed by atoms with van der Waals surface area (Å²) in [5.74, 6) is 1.56. The minimum absolute atomic E-state index is 0.0500. The number of benzene rings is 2. The van der Waals surface area contributed by atoms with E-state index in [1.807, 2.05) is 18.0 Å². The number of hydrogen-bond acceptors (Lipinski definition) is 4. The lowest BCUT2D eigenvalue weighted by Gasteiger charge is -2.38. The van der Waals surface area contributed by atoms with Crippen LogP contribution in [-0.4, -0.2) is 44.8 Å². The molecule has 140 valence electrons. The maximum absolute atomic E-state index is 5.80. The standard InChI is InChI=1S/C21H17N3O2S2/c1-23-20(27)15-9-13-12-4-2-3-5-14(12)22-18(13)19(24(15)21(23)28)11-6-7-16-17(8-11)26-10-25-16/h2-8,15,19,22H,9-10H2,1H3/t15-,19-/m1/s1. The highest BCUT2D eigenvalue weighted by atomic mass is 32.1. The van der Waals surface area contributed by atoms with E-state index < -0.39 is 0 Å². The van der Waals surface area contributed by atoms with Gasteiger partial charge in [0.05, 0.1) is 12.1 Å². The van der Waals surface area contributed by atoms with Crippen molar-refractivity contribution in [3.05, 3.63) is 59.3 Å². The molecular weight excluding hydrogens is 390 g/mol. The van der Waals surface area contributed by atoms with Gasteiger partial charge in [-0.25, -0.2) is 0 Å². The van der Waals surface area contributed by atoms with Crippen LogP contribution in [0.3, 0.4) is 0 Å². The number of nitrogens with one attached hydrogen (secondary N) is 1. The molecule has 3 aliphatic rings. The van der Waals surface area contributed by atoms with E-state index in [0.29, 0.717) is 0 Å². The Bertz CT molecular complexity index is 1170. The summed E-state index contributed by atoms with van der Waals surface area (Å²) in [6.45, 7) is 0.263. The van der Waals surface area contributed by atoms with Crippen molar-refractivity contribution in [1.29, 1.82) is 0 Å². The van der Waals surface area contributed by atoms with Crippen molar-refractivity contribution in [2.24, 2.45) is 0 Å². The second-order valence-electron chi connectivity index (χ2n) is 7.39. The van der Waals surface area contributed by atoms with E-state index in [0.717, 1.165) is 39.1 Å². The summed E-state index contributed by atoms with van der Waals surface area (Å²) >= 11 is 11.6. The summed E-state index contributed by atoms with van der Waals surface area (Å²) in [4.78, 5) is 8.77. The van der Waals surface area contributed by atoms with Crippen molar-refractivity contribution in [2.75, 3.05) is 13.8 Å². The molecule has 28 heavy (non-hydrogen) atoms. The van der Waals surface area contributed by atoms with Crippen LogP contribution in [-0.2, 0) is 6.42 Å². The lowest BCUT2D eigenvalue weighted by molar-refractivity contribution is 0.174. The summed E-state index contributed by atoms with van der Waals surface area (Å²) in [5, 5.41) is 2.02. The molecule has 1 N–H and O–H groups in total. The normalized spacial score (nSPS) is 22.8. The van der Waals surface area contributed by atoms with Gasteiger partial charge < -0.3 is 24.3 Å². The number of H-pyrrole nitrogens is 1. The molecule has 1 fully saturated rings. The van der Waals surface area contributed by atoms with E-state index in [2.05, 4.69) is 46.3 Å². The smallest absolute Gasteiger partial charge is 0.231 e. The van der Waals surface area contributed by atoms with Crippen LogP contribution in [0.25, 0.3) is 10.9 Å². The number of hydrogen-bond donors (Lipinski definition) is 1. The van der Waals surface area contributed by atoms with Gasteiger partial charge >= 0.3 is 0 Å². The molecule has 1 aromatic heterocycles. The Morgan fingerprint density at radius 2 is 1.89 bits per heavy atom. The average Bonchev–Trinajstić information content (AvgIpc) is 3.38. The fraction of sp³-hybridized carbons (Fsp3) is 0.238. The third-order valence-corrected chi connectivity index (χ3v) is 7.00. The summed E-state index contributed by atoms with van der Waals surface area (Å²) in [6, 6.07) is 14.6. The second-order valence-corrected chi connectivity index (χ2v) is 8.17. The van der Waals surface area contributed by atoms with Gasteiger partial charge in [-0.15, -0.1) is 0 Å². The molecule has 3 aromatic rings. The van der Waals surface area contributed by atoms with Crippen LogP contribution >= 0.6 is 24.4 Å². The molecule has 0 spiro atoms. The molecule has 4 heterocycles. The molecule has 2 aromatic carbocycles. The van der Waals surface area contributed by atoms with E-state index >= 15 is 0 Å². The van der Waals surface area contributed by atoms with Gasteiger partial charge in [0, 0.05) is 30.1 Å². The van der Waals surface area contributed by atoms with Crippen molar-refractivity contribution in [3.63, 3.8) is 0 Å². The predicted octanol–water partition coefficient (Wildman–Crippen LogP) is 3.77. The fourth-order valence-corrected chi connectivity index (χ4v) is 5.31. The number of rotatable bonds is 1. The zero-order valence-corrected chi connectivity index (χ0v) is 16.8. The van der Waals surface area contributed by atoms with Crippen molar-refractivity contribution in [1.82, 2.24) is 14.8 Å². The first-order valence-electron chi connectivity index (χ1n) is 9.22. The quantitative estimate of drug-likeness (QED) is 0.620. The molecule has 0 saturated carbocycles. The average molecular weight is 408 g/mol. The number of ether oxygens (including phenoxy) is 2. The van der Waals surface area contributed by atoms with Crippen LogP contribution in [0.1, 0.15) is 22.9 Å². The van der Waals surface area contributed by atoms with Gasteiger partial charge in [0.15, 0.2) is 16.6 Å². The van der Waals surface area contributed by atoms with Crippen LogP contribution in [0.15, 0.2) is 42.5 Å². The highest BCUT2D eigenvalue weighted by Gasteiger charge is 2.47. The molecule has 1 saturated heterocycles. The van der Waals surface area contributed by atoms with Gasteiger partial charge in [0.1, 0.15) is 4.99 Å². The van der Waals surface area contributed by atoms with Gasteiger partial charge in [-0.05, 0) is 41.5 Å². The number of para-hydroxylation sites is 1. The van der Waals surface area contributed by atoms with Gasteiger partial charge in [0.2, 0.25) is 6.79 Å². The lowest BCUT2D eigenvalue weighted by Crippen LogP contribution is -2.43. The summed E-state index contributed by atoms with van der Waals surface area (Å²) < 4.78 is 11.1. The molecule has 2 atom stereocenters. The number of aromatic nitrogens is 1. The molecule has 0 radical (unpaired) electrons. The molecule has 6 rings (SSSR count). The molecule has 0 bridgehead atoms. The Kier molecular flexibility index (Phi) is 3.31. The summed E-state index contributed by atoms with van der Waals surface area (Å²) in [5.41, 5.74) is 4.75. The molecule has 3 aliphatic heterocycles. The maximum atomic E-state index is 5.80. The molecular formula is C21H17N3O2S2. The van der Waals surface area contributed by atoms with Crippen molar-refractivity contribution < 1.29 is 9.47 Å². The second kappa shape index (κ2) is 5.68. The number of aromatic amines is 1. The zero-order chi connectivity index (χ0) is 19.0. The van der Waals surface area contributed by atoms with E-state index in [1.54, 1.807) is 0 Å². The molecule has 0 amide bonds. The Hall–Kier alpha value is -2.64. The number of fused-ring (bicyclic) bond motifs is 5. The Balaban J connectivity index is 1.60. The van der Waals surface area contributed by atoms with Crippen LogP contribution in [0.4, 0.5) is 0 Å². The van der Waals surface area contributed by atoms with Gasteiger partial charge in [-0.1, -0.05) is 36.5 Å². The SMILES string of the molecule is CN1C(=S)[C@H]2Cc3c([nH]c4ccccc34)[C@@H](c3ccc4c(c3)OCO4)N2C1=S. The van der Waals surface area contributed by atoms with E-state index in [4.69, 9.17) is 33.9 Å². The topological polar surface area (TPSA) is 40.7 Å². The third-order valence-electron chi connectivity index (χ3n) is 5.97. The van der Waals surface area contributed by atoms with Crippen molar-refractivity contribution in [2.45, 2.75) is 18.5 Å². The zero-order valence-electron chi connectivity index (χ0n) is 15.1. The third kappa shape index (κ3) is 2.06. The van der Waals surface area contributed by atoms with Crippen LogP contribution < -0.4 is 9.47 Å². The maximum Gasteiger partial charge on any atom is 0.231 e. The molecule has 0 aliphatic carbocycles. The van der Waals surface area contributed by atoms with Crippen LogP contribution in [0.2, 0.25) is 0 Å². The monoisotopic (exact) mass is 407 g/mol. The van der Waals surface area contributed by atoms with Crippen molar-refractivity contribution in [3.8, 4) is 11.5 Å². The summed E-state index contributed by atoms with van der Waals surface area (Å²) in [6.07, 6.45) is 0.851. The Morgan fingerprint density at radius 1 is 1.07 bits per heavy atom. The molecule has 0 unspecified atom stereocenters. The van der Waals surface area contributed by atoms with Crippen LogP contribution in [0, 0.1) is 0 Å². The first kappa shape index (κ1) is 16.3. The van der Waals surface area contributed by atoms with Gasteiger partial charge in [-0.3, -0.25) is 0 Å². The summed E-state index contributed by atoms with van der Waals surface area (Å²) in [7, 11) is 1.96. The minimum atomic E-state index is -0.0500. The molecule has 7 heteroatoms. The number of likely N-dealkylation sites (N-methyl/N-ethyl adjacent to an activating group) is 1. The first-order valence-corrected chi connectivity index (χ1v) is 10.0. The number of thiocarbonyl (C=S) groups is 2. The highest BCUT2D eigenvalue weighted by molar-refractivity contribution is 7.82. The van der Waals surface area contributed by atoms with E-state index in [1.165, 1.54) is 16.6 Å². The largest absolute Gasteiger partial charge is 0.454 e. The molecule has 5 nitrogen and oxygen atoms in total. The van der Waals surface area contributed by atoms with Gasteiger partial charge in [-0.2, -0.15) is 0 Å². The van der Waals surface area contributed by atoms with Crippen molar-refractivity contribution >= 4 is 45.4 Å². The number of nitrogens with zero attached hydrogens (tertiary/aromatic N) is 2. The highest BCUT2D eigenvalue weighted by Crippen LogP contribution is 2.46. The van der Waals surface area contributed by atoms with E-state index in [9.17, 15) is 0 Å². The Morgan fingerprint density at radius 3 is 2.79 bits per heavy atom. The van der Waals surface area contributed by atoms with E-state index in [-0.39, 0.29) is 18.9 Å². The first-order chi connectivity index (χ1) is 13.6. The fourth-order valence-electron chi connectivity index (χ4n) is 4.64. The van der Waals surface area contributed by atoms with Gasteiger partial charge in [0.25, 0.3) is 0 Å².